The molecule has 1 aromatic heterocycles. The molecule has 0 aliphatic heterocycles. The van der Waals surface area contributed by atoms with Crippen LogP contribution in [0.15, 0.2) is 18.3 Å². The number of nitrogens with zero attached hydrogens (tertiary/aromatic N) is 2. The average Bonchev–Trinajstić information content (AvgIpc) is 2.33. The maximum atomic E-state index is 5.71. The monoisotopic (exact) mass is 235 g/mol. The van der Waals surface area contributed by atoms with E-state index in [-0.39, 0.29) is 0 Å². The molecule has 1 unspecified atom stereocenters. The SMILES string of the molecule is CCCCN(Cc1ccnc(N)c1)C(C)CC. The molecule has 0 aliphatic carbocycles. The lowest BCUT2D eigenvalue weighted by atomic mass is 10.1. The molecule has 1 atom stereocenters. The number of pyridine rings is 1. The van der Waals surface area contributed by atoms with Crippen LogP contribution in [0.3, 0.4) is 0 Å². The fourth-order valence-corrected chi connectivity index (χ4v) is 1.90. The molecular formula is C14H25N3. The number of anilines is 1. The summed E-state index contributed by atoms with van der Waals surface area (Å²) >= 11 is 0. The summed E-state index contributed by atoms with van der Waals surface area (Å²) in [6.07, 6.45) is 5.47. The van der Waals surface area contributed by atoms with E-state index in [0.717, 1.165) is 13.1 Å². The van der Waals surface area contributed by atoms with Crippen LogP contribution in [0, 0.1) is 0 Å². The number of nitrogen functional groups attached to an aromatic ring is 1. The first-order valence-corrected chi connectivity index (χ1v) is 6.61. The number of aromatic nitrogens is 1. The molecule has 0 aliphatic rings. The van der Waals surface area contributed by atoms with Gasteiger partial charge in [-0.15, -0.1) is 0 Å². The lowest BCUT2D eigenvalue weighted by molar-refractivity contribution is 0.192. The molecule has 0 bridgehead atoms. The molecule has 2 N–H and O–H groups in total. The highest BCUT2D eigenvalue weighted by Gasteiger charge is 2.12. The Morgan fingerprint density at radius 1 is 1.41 bits per heavy atom. The van der Waals surface area contributed by atoms with Crippen molar-refractivity contribution in [1.29, 1.82) is 0 Å². The van der Waals surface area contributed by atoms with Crippen molar-refractivity contribution in [2.24, 2.45) is 0 Å². The Kier molecular flexibility index (Phi) is 5.98. The summed E-state index contributed by atoms with van der Waals surface area (Å²) in [7, 11) is 0. The Labute approximate surface area is 105 Å². The van der Waals surface area contributed by atoms with E-state index >= 15 is 0 Å². The summed E-state index contributed by atoms with van der Waals surface area (Å²) in [6.45, 7) is 8.90. The predicted octanol–water partition coefficient (Wildman–Crippen LogP) is 3.06. The van der Waals surface area contributed by atoms with Crippen LogP contribution < -0.4 is 5.73 Å². The van der Waals surface area contributed by atoms with Crippen LogP contribution in [0.5, 0.6) is 0 Å². The Morgan fingerprint density at radius 2 is 2.18 bits per heavy atom. The van der Waals surface area contributed by atoms with Crippen molar-refractivity contribution in [2.45, 2.75) is 52.6 Å². The van der Waals surface area contributed by atoms with E-state index in [4.69, 9.17) is 5.73 Å². The van der Waals surface area contributed by atoms with Crippen molar-refractivity contribution < 1.29 is 0 Å². The van der Waals surface area contributed by atoms with E-state index in [0.29, 0.717) is 11.9 Å². The van der Waals surface area contributed by atoms with E-state index in [1.54, 1.807) is 6.20 Å². The van der Waals surface area contributed by atoms with Gasteiger partial charge in [0.05, 0.1) is 0 Å². The molecule has 1 rings (SSSR count). The molecule has 3 nitrogen and oxygen atoms in total. The third kappa shape index (κ3) is 4.73. The molecule has 0 amide bonds. The second kappa shape index (κ2) is 7.28. The van der Waals surface area contributed by atoms with Gasteiger partial charge in [-0.25, -0.2) is 4.98 Å². The molecular weight excluding hydrogens is 210 g/mol. The van der Waals surface area contributed by atoms with Crippen LogP contribution in [0.1, 0.15) is 45.6 Å². The first kappa shape index (κ1) is 14.0. The van der Waals surface area contributed by atoms with Gasteiger partial charge < -0.3 is 5.73 Å². The highest BCUT2D eigenvalue weighted by Crippen LogP contribution is 2.12. The minimum Gasteiger partial charge on any atom is -0.384 e. The highest BCUT2D eigenvalue weighted by molar-refractivity contribution is 5.31. The third-order valence-corrected chi connectivity index (χ3v) is 3.24. The van der Waals surface area contributed by atoms with Crippen molar-refractivity contribution in [1.82, 2.24) is 9.88 Å². The van der Waals surface area contributed by atoms with Crippen LogP contribution in [-0.4, -0.2) is 22.5 Å². The van der Waals surface area contributed by atoms with Crippen molar-refractivity contribution in [2.75, 3.05) is 12.3 Å². The maximum Gasteiger partial charge on any atom is 0.123 e. The molecule has 1 aromatic rings. The molecule has 0 fully saturated rings. The second-order valence-electron chi connectivity index (χ2n) is 4.67. The molecule has 1 heterocycles. The quantitative estimate of drug-likeness (QED) is 0.789. The van der Waals surface area contributed by atoms with Gasteiger partial charge in [-0.2, -0.15) is 0 Å². The molecule has 0 saturated heterocycles. The highest BCUT2D eigenvalue weighted by atomic mass is 15.1. The Balaban J connectivity index is 2.64. The van der Waals surface area contributed by atoms with Gasteiger partial charge in [0.1, 0.15) is 5.82 Å². The Hall–Kier alpha value is -1.09. The summed E-state index contributed by atoms with van der Waals surface area (Å²) in [5.41, 5.74) is 6.97. The molecule has 0 spiro atoms. The average molecular weight is 235 g/mol. The van der Waals surface area contributed by atoms with E-state index < -0.39 is 0 Å². The summed E-state index contributed by atoms with van der Waals surface area (Å²) < 4.78 is 0. The minimum absolute atomic E-state index is 0.613. The normalized spacial score (nSPS) is 12.9. The molecule has 3 heteroatoms. The smallest absolute Gasteiger partial charge is 0.123 e. The van der Waals surface area contributed by atoms with Gasteiger partial charge in [-0.1, -0.05) is 20.3 Å². The van der Waals surface area contributed by atoms with E-state index in [2.05, 4.69) is 36.7 Å². The van der Waals surface area contributed by atoms with Crippen LogP contribution >= 0.6 is 0 Å². The first-order chi connectivity index (χ1) is 8.17. The van der Waals surface area contributed by atoms with Gasteiger partial charge in [0.2, 0.25) is 0 Å². The second-order valence-corrected chi connectivity index (χ2v) is 4.67. The van der Waals surface area contributed by atoms with Gasteiger partial charge in [0.25, 0.3) is 0 Å². The molecule has 0 aromatic carbocycles. The number of unbranched alkanes of at least 4 members (excludes halogenated alkanes) is 1. The van der Waals surface area contributed by atoms with Crippen LogP contribution in [0.2, 0.25) is 0 Å². The fraction of sp³-hybridized carbons (Fsp3) is 0.643. The van der Waals surface area contributed by atoms with Crippen LogP contribution in [0.25, 0.3) is 0 Å². The zero-order chi connectivity index (χ0) is 12.7. The largest absolute Gasteiger partial charge is 0.384 e. The lowest BCUT2D eigenvalue weighted by Crippen LogP contribution is -2.33. The zero-order valence-corrected chi connectivity index (χ0v) is 11.3. The lowest BCUT2D eigenvalue weighted by Gasteiger charge is -2.28. The number of hydrogen-bond donors (Lipinski definition) is 1. The van der Waals surface area contributed by atoms with Gasteiger partial charge >= 0.3 is 0 Å². The number of hydrogen-bond acceptors (Lipinski definition) is 3. The Bertz CT molecular complexity index is 325. The van der Waals surface area contributed by atoms with Gasteiger partial charge in [0, 0.05) is 18.8 Å². The summed E-state index contributed by atoms with van der Waals surface area (Å²) in [6, 6.07) is 4.65. The van der Waals surface area contributed by atoms with Gasteiger partial charge in [0.15, 0.2) is 0 Å². The predicted molar refractivity (Wildman–Crippen MR) is 73.7 cm³/mol. The van der Waals surface area contributed by atoms with Crippen molar-refractivity contribution in [3.8, 4) is 0 Å². The third-order valence-electron chi connectivity index (χ3n) is 3.24. The van der Waals surface area contributed by atoms with Crippen molar-refractivity contribution in [3.05, 3.63) is 23.9 Å². The number of nitrogens with two attached hydrogens (primary N) is 1. The first-order valence-electron chi connectivity index (χ1n) is 6.61. The van der Waals surface area contributed by atoms with E-state index in [9.17, 15) is 0 Å². The van der Waals surface area contributed by atoms with Crippen LogP contribution in [-0.2, 0) is 6.54 Å². The minimum atomic E-state index is 0.613. The van der Waals surface area contributed by atoms with E-state index in [1.807, 2.05) is 6.07 Å². The molecule has 0 saturated carbocycles. The van der Waals surface area contributed by atoms with Gasteiger partial charge in [-0.05, 0) is 44.0 Å². The van der Waals surface area contributed by atoms with Crippen LogP contribution in [0.4, 0.5) is 5.82 Å². The van der Waals surface area contributed by atoms with E-state index in [1.165, 1.54) is 24.8 Å². The Morgan fingerprint density at radius 3 is 2.76 bits per heavy atom. The fourth-order valence-electron chi connectivity index (χ4n) is 1.90. The summed E-state index contributed by atoms with van der Waals surface area (Å²) in [5.74, 6) is 0.613. The summed E-state index contributed by atoms with van der Waals surface area (Å²) in [4.78, 5) is 6.56. The molecule has 17 heavy (non-hydrogen) atoms. The molecule has 0 radical (unpaired) electrons. The van der Waals surface area contributed by atoms with Crippen molar-refractivity contribution in [3.63, 3.8) is 0 Å². The standard InChI is InChI=1S/C14H25N3/c1-4-6-9-17(12(3)5-2)11-13-7-8-16-14(15)10-13/h7-8,10,12H,4-6,9,11H2,1-3H3,(H2,15,16). The van der Waals surface area contributed by atoms with Gasteiger partial charge in [-0.3, -0.25) is 4.90 Å². The number of rotatable bonds is 7. The molecule has 96 valence electrons. The zero-order valence-electron chi connectivity index (χ0n) is 11.3. The maximum absolute atomic E-state index is 5.71. The summed E-state index contributed by atoms with van der Waals surface area (Å²) in [5, 5.41) is 0. The van der Waals surface area contributed by atoms with Crippen molar-refractivity contribution >= 4 is 5.82 Å². The topological polar surface area (TPSA) is 42.2 Å².